The molecule has 4 atom stereocenters. The zero-order chi connectivity index (χ0) is 8.59. The maximum Gasteiger partial charge on any atom is 0.213 e. The van der Waals surface area contributed by atoms with E-state index in [9.17, 15) is 0 Å². The van der Waals surface area contributed by atoms with Crippen LogP contribution in [0.4, 0.5) is 0 Å². The summed E-state index contributed by atoms with van der Waals surface area (Å²) in [4.78, 5) is 0. The second-order valence-electron chi connectivity index (χ2n) is 2.61. The van der Waals surface area contributed by atoms with Gasteiger partial charge >= 0.3 is 0 Å². The number of rotatable bonds is 0. The van der Waals surface area contributed by atoms with Crippen LogP contribution in [-0.2, 0) is 4.74 Å². The van der Waals surface area contributed by atoms with Gasteiger partial charge in [-0.3, -0.25) is 5.41 Å². The van der Waals surface area contributed by atoms with Crippen molar-refractivity contribution in [2.45, 2.75) is 31.3 Å². The predicted molar refractivity (Wildman–Crippen MR) is 36.3 cm³/mol. The van der Waals surface area contributed by atoms with Crippen LogP contribution in [0.25, 0.3) is 0 Å². The summed E-state index contributed by atoms with van der Waals surface area (Å²) in [6, 6.07) is 0. The molecule has 1 aliphatic heterocycles. The van der Waals surface area contributed by atoms with Crippen molar-refractivity contribution in [1.82, 2.24) is 0 Å². The van der Waals surface area contributed by atoms with Crippen molar-refractivity contribution in [2.24, 2.45) is 0 Å². The normalized spacial score (nSPS) is 45.3. The molecule has 5 heteroatoms. The highest BCUT2D eigenvalue weighted by atomic mass is 16.5. The molecule has 0 aromatic rings. The highest BCUT2D eigenvalue weighted by molar-refractivity contribution is 5.79. The highest BCUT2D eigenvalue weighted by Gasteiger charge is 2.39. The molecule has 0 aromatic heterocycles. The molecule has 0 bridgehead atoms. The van der Waals surface area contributed by atoms with E-state index in [1.54, 1.807) is 0 Å². The first-order valence-electron chi connectivity index (χ1n) is 3.33. The van der Waals surface area contributed by atoms with Gasteiger partial charge < -0.3 is 20.1 Å². The third-order valence-electron chi connectivity index (χ3n) is 1.74. The van der Waals surface area contributed by atoms with E-state index in [0.29, 0.717) is 0 Å². The van der Waals surface area contributed by atoms with Gasteiger partial charge in [0.25, 0.3) is 0 Å². The van der Waals surface area contributed by atoms with Crippen molar-refractivity contribution in [3.8, 4) is 0 Å². The van der Waals surface area contributed by atoms with E-state index in [4.69, 9.17) is 25.5 Å². The standard InChI is InChI=1S/C6H11NO4/c1-2-3(8)4(9)5(10)6(7)11-2/h2-5,7-10H,1H3. The molecule has 0 aromatic carbocycles. The Hall–Kier alpha value is -0.650. The van der Waals surface area contributed by atoms with Crippen molar-refractivity contribution in [2.75, 3.05) is 0 Å². The summed E-state index contributed by atoms with van der Waals surface area (Å²) in [5.74, 6) is -0.393. The van der Waals surface area contributed by atoms with Gasteiger partial charge in [-0.25, -0.2) is 0 Å². The lowest BCUT2D eigenvalue weighted by atomic mass is 10.0. The average Bonchev–Trinajstić information content (AvgIpc) is 1.97. The van der Waals surface area contributed by atoms with Crippen LogP contribution in [0.2, 0.25) is 0 Å². The first-order valence-corrected chi connectivity index (χ1v) is 3.33. The molecular formula is C6H11NO4. The third-order valence-corrected chi connectivity index (χ3v) is 1.74. The van der Waals surface area contributed by atoms with Crippen LogP contribution < -0.4 is 0 Å². The first kappa shape index (κ1) is 8.45. The van der Waals surface area contributed by atoms with Gasteiger partial charge in [-0.05, 0) is 6.92 Å². The summed E-state index contributed by atoms with van der Waals surface area (Å²) in [7, 11) is 0. The summed E-state index contributed by atoms with van der Waals surface area (Å²) in [5, 5.41) is 34.1. The Morgan fingerprint density at radius 1 is 1.27 bits per heavy atom. The van der Waals surface area contributed by atoms with Crippen LogP contribution in [-0.4, -0.2) is 45.6 Å². The molecule has 11 heavy (non-hydrogen) atoms. The molecule has 1 fully saturated rings. The zero-order valence-corrected chi connectivity index (χ0v) is 6.06. The molecule has 4 unspecified atom stereocenters. The summed E-state index contributed by atoms with van der Waals surface area (Å²) in [6.07, 6.45) is -4.48. The minimum absolute atomic E-state index is 0.393. The van der Waals surface area contributed by atoms with E-state index in [-0.39, 0.29) is 0 Å². The van der Waals surface area contributed by atoms with Gasteiger partial charge in [0.05, 0.1) is 0 Å². The summed E-state index contributed by atoms with van der Waals surface area (Å²) < 4.78 is 4.70. The highest BCUT2D eigenvalue weighted by Crippen LogP contribution is 2.15. The van der Waals surface area contributed by atoms with Crippen LogP contribution in [0.5, 0.6) is 0 Å². The van der Waals surface area contributed by atoms with Crippen LogP contribution in [0.3, 0.4) is 0 Å². The molecule has 0 radical (unpaired) electrons. The lowest BCUT2D eigenvalue weighted by Crippen LogP contribution is -2.54. The van der Waals surface area contributed by atoms with Crippen molar-refractivity contribution < 1.29 is 20.1 Å². The molecule has 1 saturated heterocycles. The van der Waals surface area contributed by atoms with Gasteiger partial charge in [-0.15, -0.1) is 0 Å². The SMILES string of the molecule is CC1OC(=N)C(O)C(O)C1O. The van der Waals surface area contributed by atoms with Gasteiger partial charge in [0.15, 0.2) is 6.10 Å². The molecule has 4 N–H and O–H groups in total. The lowest BCUT2D eigenvalue weighted by molar-refractivity contribution is -0.113. The zero-order valence-electron chi connectivity index (χ0n) is 6.06. The number of aliphatic hydroxyl groups excluding tert-OH is 3. The van der Waals surface area contributed by atoms with E-state index in [0.717, 1.165) is 0 Å². The van der Waals surface area contributed by atoms with Gasteiger partial charge in [-0.2, -0.15) is 0 Å². The Bertz CT molecular complexity index is 172. The second-order valence-corrected chi connectivity index (χ2v) is 2.61. The molecule has 5 nitrogen and oxygen atoms in total. The fraction of sp³-hybridized carbons (Fsp3) is 0.833. The topological polar surface area (TPSA) is 93.8 Å². The first-order chi connectivity index (χ1) is 5.04. The van der Waals surface area contributed by atoms with Crippen LogP contribution in [0, 0.1) is 5.41 Å². The number of aliphatic hydroxyl groups is 3. The average molecular weight is 161 g/mol. The van der Waals surface area contributed by atoms with Crippen molar-refractivity contribution >= 4 is 5.90 Å². The summed E-state index contributed by atoms with van der Waals surface area (Å²) in [5.41, 5.74) is 0. The van der Waals surface area contributed by atoms with Crippen LogP contribution in [0.15, 0.2) is 0 Å². The van der Waals surface area contributed by atoms with Crippen molar-refractivity contribution in [1.29, 1.82) is 5.41 Å². The molecule has 0 saturated carbocycles. The van der Waals surface area contributed by atoms with Gasteiger partial charge in [0.1, 0.15) is 18.3 Å². The molecule has 0 spiro atoms. The van der Waals surface area contributed by atoms with E-state index in [1.807, 2.05) is 0 Å². The molecule has 64 valence electrons. The quantitative estimate of drug-likeness (QED) is 0.346. The minimum Gasteiger partial charge on any atom is -0.473 e. The fourth-order valence-corrected chi connectivity index (χ4v) is 0.959. The van der Waals surface area contributed by atoms with Gasteiger partial charge in [0.2, 0.25) is 5.90 Å². The molecule has 0 aliphatic carbocycles. The Morgan fingerprint density at radius 2 is 1.82 bits per heavy atom. The number of ether oxygens (including phenoxy) is 1. The third kappa shape index (κ3) is 1.35. The Morgan fingerprint density at radius 3 is 2.36 bits per heavy atom. The fourth-order valence-electron chi connectivity index (χ4n) is 0.959. The number of hydrogen-bond acceptors (Lipinski definition) is 5. The predicted octanol–water partition coefficient (Wildman–Crippen LogP) is -1.53. The van der Waals surface area contributed by atoms with E-state index < -0.39 is 30.3 Å². The largest absolute Gasteiger partial charge is 0.473 e. The molecule has 1 aliphatic rings. The Labute approximate surface area is 63.7 Å². The van der Waals surface area contributed by atoms with Gasteiger partial charge in [-0.1, -0.05) is 0 Å². The van der Waals surface area contributed by atoms with E-state index >= 15 is 0 Å². The van der Waals surface area contributed by atoms with Crippen LogP contribution >= 0.6 is 0 Å². The second kappa shape index (κ2) is 2.77. The lowest BCUT2D eigenvalue weighted by Gasteiger charge is -2.33. The van der Waals surface area contributed by atoms with E-state index in [2.05, 4.69) is 0 Å². The number of hydrogen-bond donors (Lipinski definition) is 4. The molecule has 1 rings (SSSR count). The molecule has 0 amide bonds. The van der Waals surface area contributed by atoms with Gasteiger partial charge in [0, 0.05) is 0 Å². The maximum atomic E-state index is 9.10. The van der Waals surface area contributed by atoms with Crippen molar-refractivity contribution in [3.63, 3.8) is 0 Å². The Kier molecular flexibility index (Phi) is 2.12. The minimum atomic E-state index is -1.40. The summed E-state index contributed by atoms with van der Waals surface area (Å²) >= 11 is 0. The monoisotopic (exact) mass is 161 g/mol. The van der Waals surface area contributed by atoms with Crippen molar-refractivity contribution in [3.05, 3.63) is 0 Å². The number of nitrogens with one attached hydrogen (secondary N) is 1. The van der Waals surface area contributed by atoms with E-state index in [1.165, 1.54) is 6.92 Å². The molecular weight excluding hydrogens is 150 g/mol. The smallest absolute Gasteiger partial charge is 0.213 e. The summed E-state index contributed by atoms with van der Waals surface area (Å²) in [6.45, 7) is 1.52. The molecule has 1 heterocycles. The van der Waals surface area contributed by atoms with Crippen LogP contribution in [0.1, 0.15) is 6.92 Å². The maximum absolute atomic E-state index is 9.10. The Balaban J connectivity index is 2.70.